The Balaban J connectivity index is 3.21. The lowest BCUT2D eigenvalue weighted by Gasteiger charge is -2.06. The van der Waals surface area contributed by atoms with Gasteiger partial charge < -0.3 is 16.2 Å². The summed E-state index contributed by atoms with van der Waals surface area (Å²) in [6, 6.07) is -0.752. The van der Waals surface area contributed by atoms with Gasteiger partial charge in [0.05, 0.1) is 0 Å². The standard InChI is InChI=1S/C9H17N3O2/c10-5-1-2-6-12-7-3-4-8(11)9(13)14/h1,8,10,12H,2-4,6-7,11H2,(H,13,14)/t8-/m1/s1. The third kappa shape index (κ3) is 7.49. The van der Waals surface area contributed by atoms with Crippen molar-refractivity contribution in [3.05, 3.63) is 6.08 Å². The topological polar surface area (TPSA) is 99.2 Å². The second-order valence-electron chi connectivity index (χ2n) is 2.97. The van der Waals surface area contributed by atoms with E-state index in [1.165, 1.54) is 0 Å². The average molecular weight is 199 g/mol. The van der Waals surface area contributed by atoms with Crippen LogP contribution in [0.15, 0.2) is 6.08 Å². The summed E-state index contributed by atoms with van der Waals surface area (Å²) in [7, 11) is 0. The summed E-state index contributed by atoms with van der Waals surface area (Å²) >= 11 is 0. The molecule has 0 rings (SSSR count). The predicted octanol–water partition coefficient (Wildman–Crippen LogP) is -0.0371. The van der Waals surface area contributed by atoms with E-state index in [1.807, 2.05) is 0 Å². The van der Waals surface area contributed by atoms with Gasteiger partial charge in [-0.2, -0.15) is 0 Å². The number of nitrogens with one attached hydrogen (secondary N) is 2. The molecule has 0 aromatic rings. The summed E-state index contributed by atoms with van der Waals surface area (Å²) in [6.45, 7) is 1.54. The minimum absolute atomic E-state index is 0.489. The van der Waals surface area contributed by atoms with Crippen molar-refractivity contribution in [2.75, 3.05) is 13.1 Å². The van der Waals surface area contributed by atoms with Gasteiger partial charge in [0.25, 0.3) is 0 Å². The van der Waals surface area contributed by atoms with Crippen LogP contribution in [0.25, 0.3) is 0 Å². The highest BCUT2D eigenvalue weighted by Crippen LogP contribution is 1.92. The fourth-order valence-corrected chi connectivity index (χ4v) is 0.942. The molecule has 0 bridgehead atoms. The molecule has 0 radical (unpaired) electrons. The maximum Gasteiger partial charge on any atom is 0.320 e. The molecule has 0 aromatic carbocycles. The monoisotopic (exact) mass is 199 g/mol. The molecule has 0 fully saturated rings. The zero-order valence-corrected chi connectivity index (χ0v) is 8.12. The van der Waals surface area contributed by atoms with E-state index in [4.69, 9.17) is 16.2 Å². The van der Waals surface area contributed by atoms with E-state index < -0.39 is 12.0 Å². The maximum absolute atomic E-state index is 10.3. The molecule has 5 heteroatoms. The summed E-state index contributed by atoms with van der Waals surface area (Å²) in [6.07, 6.45) is 3.65. The summed E-state index contributed by atoms with van der Waals surface area (Å²) in [4.78, 5) is 10.3. The van der Waals surface area contributed by atoms with Crippen LogP contribution in [0.4, 0.5) is 0 Å². The molecule has 0 spiro atoms. The van der Waals surface area contributed by atoms with Gasteiger partial charge in [-0.05, 0) is 44.3 Å². The third-order valence-corrected chi connectivity index (χ3v) is 1.75. The molecule has 5 N–H and O–H groups in total. The van der Waals surface area contributed by atoms with Crippen molar-refractivity contribution >= 4 is 11.8 Å². The summed E-state index contributed by atoms with van der Waals surface area (Å²) < 4.78 is 0. The number of carbonyl (C=O) groups is 1. The Morgan fingerprint density at radius 1 is 1.64 bits per heavy atom. The van der Waals surface area contributed by atoms with Crippen LogP contribution >= 0.6 is 0 Å². The van der Waals surface area contributed by atoms with E-state index in [1.54, 1.807) is 6.08 Å². The highest BCUT2D eigenvalue weighted by Gasteiger charge is 2.09. The number of hydrogen-bond acceptors (Lipinski definition) is 4. The number of rotatable bonds is 8. The smallest absolute Gasteiger partial charge is 0.320 e. The molecule has 0 aliphatic carbocycles. The summed E-state index contributed by atoms with van der Waals surface area (Å²) in [5.41, 5.74) is 5.31. The highest BCUT2D eigenvalue weighted by atomic mass is 16.4. The molecule has 1 atom stereocenters. The zero-order chi connectivity index (χ0) is 10.8. The molecular formula is C9H17N3O2. The second-order valence-corrected chi connectivity index (χ2v) is 2.97. The van der Waals surface area contributed by atoms with Crippen molar-refractivity contribution in [3.8, 4) is 0 Å². The molecule has 0 aromatic heterocycles. The summed E-state index contributed by atoms with van der Waals surface area (Å²) in [5.74, 6) is 1.23. The van der Waals surface area contributed by atoms with Gasteiger partial charge >= 0.3 is 5.97 Å². The molecular weight excluding hydrogens is 182 g/mol. The largest absolute Gasteiger partial charge is 0.480 e. The van der Waals surface area contributed by atoms with Gasteiger partial charge in [-0.15, -0.1) is 0 Å². The van der Waals surface area contributed by atoms with E-state index in [9.17, 15) is 4.79 Å². The van der Waals surface area contributed by atoms with Gasteiger partial charge in [0.1, 0.15) is 6.04 Å². The molecule has 14 heavy (non-hydrogen) atoms. The van der Waals surface area contributed by atoms with Crippen molar-refractivity contribution in [2.45, 2.75) is 25.3 Å². The van der Waals surface area contributed by atoms with Crippen molar-refractivity contribution < 1.29 is 9.90 Å². The number of nitrogens with two attached hydrogens (primary N) is 1. The van der Waals surface area contributed by atoms with Gasteiger partial charge in [-0.1, -0.05) is 0 Å². The zero-order valence-electron chi connectivity index (χ0n) is 8.12. The Labute approximate surface area is 83.5 Å². The molecule has 80 valence electrons. The van der Waals surface area contributed by atoms with Crippen LogP contribution in [-0.4, -0.2) is 36.1 Å². The van der Waals surface area contributed by atoms with Gasteiger partial charge in [0.2, 0.25) is 0 Å². The van der Waals surface area contributed by atoms with Gasteiger partial charge in [-0.25, -0.2) is 0 Å². The normalized spacial score (nSPS) is 11.8. The Morgan fingerprint density at radius 2 is 2.36 bits per heavy atom. The second kappa shape index (κ2) is 8.44. The molecule has 0 unspecified atom stereocenters. The van der Waals surface area contributed by atoms with Crippen molar-refractivity contribution in [2.24, 2.45) is 5.73 Å². The molecule has 0 heterocycles. The van der Waals surface area contributed by atoms with Crippen molar-refractivity contribution in [3.63, 3.8) is 0 Å². The fraction of sp³-hybridized carbons (Fsp3) is 0.667. The molecule has 5 nitrogen and oxygen atoms in total. The first-order chi connectivity index (χ1) is 6.68. The number of carboxylic acids is 1. The van der Waals surface area contributed by atoms with Crippen LogP contribution in [0.5, 0.6) is 0 Å². The number of hydrogen-bond donors (Lipinski definition) is 4. The van der Waals surface area contributed by atoms with E-state index >= 15 is 0 Å². The molecule has 0 amide bonds. The minimum atomic E-state index is -0.947. The van der Waals surface area contributed by atoms with Crippen LogP contribution in [0.3, 0.4) is 0 Å². The molecule has 0 aliphatic heterocycles. The molecule has 0 saturated carbocycles. The number of carboxylic acid groups (broad SMARTS) is 1. The Morgan fingerprint density at radius 3 is 2.93 bits per heavy atom. The van der Waals surface area contributed by atoms with E-state index in [0.29, 0.717) is 6.42 Å². The first-order valence-corrected chi connectivity index (χ1v) is 4.61. The fourth-order valence-electron chi connectivity index (χ4n) is 0.942. The maximum atomic E-state index is 10.3. The van der Waals surface area contributed by atoms with Crippen LogP contribution in [0, 0.1) is 5.41 Å². The van der Waals surface area contributed by atoms with Crippen LogP contribution in [0.1, 0.15) is 19.3 Å². The van der Waals surface area contributed by atoms with E-state index in [-0.39, 0.29) is 0 Å². The van der Waals surface area contributed by atoms with E-state index in [0.717, 1.165) is 25.9 Å². The van der Waals surface area contributed by atoms with Crippen LogP contribution < -0.4 is 11.1 Å². The highest BCUT2D eigenvalue weighted by molar-refractivity contribution is 5.72. The van der Waals surface area contributed by atoms with Crippen LogP contribution in [0.2, 0.25) is 0 Å². The lowest BCUT2D eigenvalue weighted by atomic mass is 10.2. The summed E-state index contributed by atoms with van der Waals surface area (Å²) in [5, 5.41) is 18.2. The quantitative estimate of drug-likeness (QED) is 0.325. The Hall–Kier alpha value is -1.16. The SMILES string of the molecule is N=C=CCCNCCC[C@@H](N)C(=O)O. The first kappa shape index (κ1) is 12.8. The Bertz CT molecular complexity index is 212. The third-order valence-electron chi connectivity index (χ3n) is 1.75. The Kier molecular flexibility index (Phi) is 7.74. The molecule has 0 aliphatic rings. The lowest BCUT2D eigenvalue weighted by Crippen LogP contribution is -2.31. The predicted molar refractivity (Wildman–Crippen MR) is 54.6 cm³/mol. The van der Waals surface area contributed by atoms with Gasteiger partial charge in [0.15, 0.2) is 0 Å². The van der Waals surface area contributed by atoms with Crippen LogP contribution in [-0.2, 0) is 4.79 Å². The van der Waals surface area contributed by atoms with Gasteiger partial charge in [-0.3, -0.25) is 10.2 Å². The average Bonchev–Trinajstić information content (AvgIpc) is 2.16. The minimum Gasteiger partial charge on any atom is -0.480 e. The van der Waals surface area contributed by atoms with Crippen molar-refractivity contribution in [1.82, 2.24) is 5.32 Å². The van der Waals surface area contributed by atoms with Crippen molar-refractivity contribution in [1.29, 1.82) is 5.41 Å². The number of aliphatic carboxylic acids is 1. The van der Waals surface area contributed by atoms with E-state index in [2.05, 4.69) is 11.2 Å². The lowest BCUT2D eigenvalue weighted by molar-refractivity contribution is -0.138. The van der Waals surface area contributed by atoms with Gasteiger partial charge in [0, 0.05) is 0 Å². The first-order valence-electron chi connectivity index (χ1n) is 4.61. The molecule has 0 saturated heterocycles.